The van der Waals surface area contributed by atoms with Crippen LogP contribution >= 0.6 is 0 Å². The number of carbonyl (C=O) groups is 2. The Morgan fingerprint density at radius 2 is 1.68 bits per heavy atom. The molecule has 2 aliphatic carbocycles. The maximum Gasteiger partial charge on any atom is 0.417 e. The highest BCUT2D eigenvalue weighted by atomic mass is 16.7. The van der Waals surface area contributed by atoms with Crippen LogP contribution < -0.4 is 33.7 Å². The highest BCUT2D eigenvalue weighted by Gasteiger charge is 2.65. The maximum absolute atomic E-state index is 15.2. The van der Waals surface area contributed by atoms with E-state index in [0.29, 0.717) is 96.3 Å². The van der Waals surface area contributed by atoms with E-state index < -0.39 is 34.7 Å². The lowest BCUT2D eigenvalue weighted by Crippen LogP contribution is -2.70. The fraction of sp³-hybridized carbons (Fsp3) is 0.426. The number of methoxy groups -OCH3 is 2. The average Bonchev–Trinajstić information content (AvgIpc) is 3.87. The molecule has 0 unspecified atom stereocenters. The predicted octanol–water partition coefficient (Wildman–Crippen LogP) is 9.34. The number of nitro benzene ring substituents is 1. The highest BCUT2D eigenvalue weighted by molar-refractivity contribution is 6.03. The Labute approximate surface area is 418 Å². The van der Waals surface area contributed by atoms with Crippen molar-refractivity contribution in [3.63, 3.8) is 0 Å². The number of aliphatic hydroxyl groups excluding tert-OH is 2. The van der Waals surface area contributed by atoms with E-state index in [1.54, 1.807) is 71.6 Å². The third kappa shape index (κ3) is 10.9. The molecule has 0 bridgehead atoms. The third-order valence-electron chi connectivity index (χ3n) is 13.8. The molecule has 18 nitrogen and oxygen atoms in total. The summed E-state index contributed by atoms with van der Waals surface area (Å²) in [5, 5.41) is 39.2. The van der Waals surface area contributed by atoms with E-state index in [1.165, 1.54) is 26.4 Å². The van der Waals surface area contributed by atoms with Crippen LogP contribution in [0.25, 0.3) is 0 Å². The topological polar surface area (TPSA) is 219 Å². The van der Waals surface area contributed by atoms with Crippen molar-refractivity contribution in [2.24, 2.45) is 22.9 Å². The molecule has 4 aromatic carbocycles. The van der Waals surface area contributed by atoms with E-state index in [2.05, 4.69) is 18.0 Å². The zero-order valence-electron chi connectivity index (χ0n) is 40.8. The van der Waals surface area contributed by atoms with Crippen molar-refractivity contribution >= 4 is 29.1 Å². The number of aliphatic hydroxyl groups is 2. The van der Waals surface area contributed by atoms with Crippen molar-refractivity contribution in [1.29, 1.82) is 0 Å². The maximum atomic E-state index is 15.2. The van der Waals surface area contributed by atoms with Gasteiger partial charge in [-0.1, -0.05) is 37.1 Å². The SMILES string of the molecule is C=CCO[C@@]12Oc3ccc(OC(=O)Nc4ccc(OC)cc4OC)cc3[C@H]3[C@H](CCCCO)[C@@H](CCCCO)C=C(C(=NOCc4ccc([N+](=O)[O-])cc4)C[C@@H]1N(CCC)C(=O)c1ccc4c(c1)OCO4)[C@H]32. The smallest absolute Gasteiger partial charge is 0.417 e. The van der Waals surface area contributed by atoms with E-state index in [9.17, 15) is 25.1 Å². The summed E-state index contributed by atoms with van der Waals surface area (Å²) in [4.78, 5) is 47.9. The molecule has 382 valence electrons. The van der Waals surface area contributed by atoms with Gasteiger partial charge in [-0.2, -0.15) is 0 Å². The summed E-state index contributed by atoms with van der Waals surface area (Å²) in [6.07, 6.45) is 7.77. The largest absolute Gasteiger partial charge is 0.497 e. The van der Waals surface area contributed by atoms with Crippen molar-refractivity contribution < 1.29 is 62.7 Å². The second-order valence-electron chi connectivity index (χ2n) is 18.1. The number of nitro groups is 1. The Morgan fingerprint density at radius 3 is 2.40 bits per heavy atom. The van der Waals surface area contributed by atoms with Crippen molar-refractivity contribution in [2.75, 3.05) is 52.7 Å². The van der Waals surface area contributed by atoms with Gasteiger partial charge in [0.2, 0.25) is 12.6 Å². The molecule has 3 N–H and O–H groups in total. The Morgan fingerprint density at radius 1 is 0.931 bits per heavy atom. The fourth-order valence-corrected chi connectivity index (χ4v) is 10.6. The molecule has 2 amide bonds. The Hall–Kier alpha value is -7.15. The van der Waals surface area contributed by atoms with Gasteiger partial charge in [-0.25, -0.2) is 4.79 Å². The number of rotatable bonds is 23. The summed E-state index contributed by atoms with van der Waals surface area (Å²) in [7, 11) is 3.02. The van der Waals surface area contributed by atoms with Gasteiger partial charge >= 0.3 is 6.09 Å². The summed E-state index contributed by atoms with van der Waals surface area (Å²) in [6, 6.07) is 20.6. The van der Waals surface area contributed by atoms with Gasteiger partial charge in [0.15, 0.2) is 11.5 Å². The minimum atomic E-state index is -1.56. The highest BCUT2D eigenvalue weighted by Crippen LogP contribution is 2.62. The first-order valence-corrected chi connectivity index (χ1v) is 24.4. The van der Waals surface area contributed by atoms with E-state index in [-0.39, 0.29) is 68.8 Å². The van der Waals surface area contributed by atoms with Gasteiger partial charge in [0, 0.05) is 61.4 Å². The summed E-state index contributed by atoms with van der Waals surface area (Å²) in [6.45, 7) is 6.43. The van der Waals surface area contributed by atoms with Crippen molar-refractivity contribution in [3.05, 3.63) is 130 Å². The second kappa shape index (κ2) is 23.4. The van der Waals surface area contributed by atoms with Gasteiger partial charge in [-0.05, 0) is 116 Å². The van der Waals surface area contributed by atoms with E-state index in [1.807, 2.05) is 13.0 Å². The number of benzene rings is 4. The first-order chi connectivity index (χ1) is 35.1. The van der Waals surface area contributed by atoms with Gasteiger partial charge in [0.1, 0.15) is 35.6 Å². The first kappa shape index (κ1) is 51.2. The van der Waals surface area contributed by atoms with Gasteiger partial charge in [-0.15, -0.1) is 6.58 Å². The van der Waals surface area contributed by atoms with Gasteiger partial charge in [-0.3, -0.25) is 20.2 Å². The standard InChI is InChI=1S/C54H62N4O14/c1-5-23-57(52(61)36-15-21-46-48(28-36)68-33-67-46)49-31-44(56-70-32-34-13-16-37(17-14-34)58(63)64)41-27-35(11-7-9-24-59)40(12-8-10-25-60)50-42-29-39(19-22-45(42)72-54(49,51(41)50)69-26-6-2)71-53(62)55-43-20-18-38(65-3)30-47(43)66-4/h6,13-22,27-30,35,40,49-51,59-60H,2,5,7-12,23-26,31-33H2,1,3-4H3,(H,55,62)/t35-,40+,49-,50+,51+,54+/m0/s1. The minimum Gasteiger partial charge on any atom is -0.497 e. The quantitative estimate of drug-likeness (QED) is 0.0273. The average molecular weight is 991 g/mol. The normalized spacial score (nSPS) is 21.8. The first-order valence-electron chi connectivity index (χ1n) is 24.4. The zero-order chi connectivity index (χ0) is 50.8. The Kier molecular flexibility index (Phi) is 16.6. The number of allylic oxidation sites excluding steroid dienone is 1. The molecule has 6 atom stereocenters. The third-order valence-corrected chi connectivity index (χ3v) is 13.8. The molecular formula is C54H62N4O14. The number of ether oxygens (including phenoxy) is 7. The van der Waals surface area contributed by atoms with Crippen LogP contribution in [0, 0.1) is 27.9 Å². The number of non-ortho nitro benzene ring substituents is 1. The van der Waals surface area contributed by atoms with E-state index in [4.69, 9.17) is 43.2 Å². The van der Waals surface area contributed by atoms with Crippen LogP contribution in [-0.4, -0.2) is 97.0 Å². The molecule has 72 heavy (non-hydrogen) atoms. The Balaban J connectivity index is 1.28. The Bertz CT molecular complexity index is 2660. The van der Waals surface area contributed by atoms with Gasteiger partial charge < -0.3 is 53.1 Å². The number of nitrogens with zero attached hydrogens (tertiary/aromatic N) is 3. The molecule has 8 rings (SSSR count). The van der Waals surface area contributed by atoms with Crippen molar-refractivity contribution in [1.82, 2.24) is 4.90 Å². The van der Waals surface area contributed by atoms with Crippen LogP contribution in [-0.2, 0) is 16.2 Å². The van der Waals surface area contributed by atoms with Crippen LogP contribution in [0.1, 0.15) is 85.7 Å². The van der Waals surface area contributed by atoms with Crippen molar-refractivity contribution in [2.45, 2.75) is 82.6 Å². The molecule has 0 saturated heterocycles. The summed E-state index contributed by atoms with van der Waals surface area (Å²) >= 11 is 0. The number of fused-ring (bicyclic) bond motifs is 3. The molecule has 18 heteroatoms. The number of unbranched alkanes of at least 4 members (excludes halogenated alkanes) is 2. The van der Waals surface area contributed by atoms with Gasteiger partial charge in [0.25, 0.3) is 11.6 Å². The molecule has 1 saturated carbocycles. The summed E-state index contributed by atoms with van der Waals surface area (Å²) in [5.41, 5.74) is 3.44. The molecule has 2 heterocycles. The van der Waals surface area contributed by atoms with Crippen LogP contribution in [0.2, 0.25) is 0 Å². The number of anilines is 1. The lowest BCUT2D eigenvalue weighted by atomic mass is 9.55. The van der Waals surface area contributed by atoms with E-state index in [0.717, 1.165) is 17.6 Å². The summed E-state index contributed by atoms with van der Waals surface area (Å²) in [5.74, 6) is -0.525. The molecule has 4 aromatic rings. The zero-order valence-corrected chi connectivity index (χ0v) is 40.8. The number of oxime groups is 1. The lowest BCUT2D eigenvalue weighted by molar-refractivity contribution is -0.384. The number of hydrogen-bond donors (Lipinski definition) is 3. The molecule has 0 aromatic heterocycles. The number of nitrogens with one attached hydrogen (secondary N) is 1. The van der Waals surface area contributed by atoms with Crippen LogP contribution in [0.5, 0.6) is 34.5 Å². The number of hydrogen-bond acceptors (Lipinski definition) is 15. The van der Waals surface area contributed by atoms with Crippen LogP contribution in [0.15, 0.2) is 108 Å². The van der Waals surface area contributed by atoms with Crippen molar-refractivity contribution in [3.8, 4) is 34.5 Å². The van der Waals surface area contributed by atoms with Crippen LogP contribution in [0.4, 0.5) is 16.2 Å². The van der Waals surface area contributed by atoms with Crippen LogP contribution in [0.3, 0.4) is 0 Å². The molecule has 4 aliphatic rings. The molecule has 0 spiro atoms. The lowest BCUT2D eigenvalue weighted by Gasteiger charge is -2.60. The van der Waals surface area contributed by atoms with Gasteiger partial charge in [0.05, 0.1) is 43.1 Å². The number of amides is 2. The predicted molar refractivity (Wildman–Crippen MR) is 266 cm³/mol. The molecule has 1 fully saturated rings. The molecular weight excluding hydrogens is 929 g/mol. The van der Waals surface area contributed by atoms with E-state index >= 15 is 4.79 Å². The number of carbonyl (C=O) groups excluding carboxylic acids is 2. The summed E-state index contributed by atoms with van der Waals surface area (Å²) < 4.78 is 42.7. The molecule has 2 aliphatic heterocycles. The second-order valence-corrected chi connectivity index (χ2v) is 18.1. The monoisotopic (exact) mass is 990 g/mol. The minimum absolute atomic E-state index is 0.00530. The molecule has 0 radical (unpaired) electrons. The fourth-order valence-electron chi connectivity index (χ4n) is 10.6.